The first-order chi connectivity index (χ1) is 11.0. The molecule has 1 aliphatic heterocycles. The molecule has 0 aromatic rings. The van der Waals surface area contributed by atoms with E-state index < -0.39 is 0 Å². The lowest BCUT2D eigenvalue weighted by Gasteiger charge is -2.37. The summed E-state index contributed by atoms with van der Waals surface area (Å²) in [7, 11) is 1.74. The van der Waals surface area contributed by atoms with E-state index in [9.17, 15) is 9.59 Å². The summed E-state index contributed by atoms with van der Waals surface area (Å²) >= 11 is 0. The molecule has 6 heteroatoms. The number of amides is 2. The van der Waals surface area contributed by atoms with E-state index in [1.54, 1.807) is 11.9 Å². The normalized spacial score (nSPS) is 17.3. The van der Waals surface area contributed by atoms with Crippen molar-refractivity contribution in [2.24, 2.45) is 5.92 Å². The highest BCUT2D eigenvalue weighted by Crippen LogP contribution is 2.21. The Morgan fingerprint density at radius 3 is 2.30 bits per heavy atom. The fourth-order valence-electron chi connectivity index (χ4n) is 3.13. The number of carbonyl (C=O) groups excluding carboxylic acids is 2. The first-order valence-electron chi connectivity index (χ1n) is 8.60. The number of nitrogens with zero attached hydrogens (tertiary/aromatic N) is 4. The molecular formula is C17H30N4O2. The number of nitriles is 1. The molecule has 1 atom stereocenters. The fourth-order valence-corrected chi connectivity index (χ4v) is 3.13. The molecule has 23 heavy (non-hydrogen) atoms. The molecule has 0 spiro atoms. The maximum absolute atomic E-state index is 12.4. The lowest BCUT2D eigenvalue weighted by molar-refractivity contribution is -0.138. The second kappa shape index (κ2) is 9.51. The zero-order valence-electron chi connectivity index (χ0n) is 14.9. The summed E-state index contributed by atoms with van der Waals surface area (Å²) in [6, 6.07) is 1.87. The highest BCUT2D eigenvalue weighted by atomic mass is 16.2. The van der Waals surface area contributed by atoms with Gasteiger partial charge in [-0.2, -0.15) is 5.26 Å². The van der Waals surface area contributed by atoms with E-state index in [2.05, 4.69) is 11.0 Å². The number of rotatable bonds is 7. The van der Waals surface area contributed by atoms with Gasteiger partial charge in [0, 0.05) is 32.6 Å². The molecule has 0 radical (unpaired) electrons. The average molecular weight is 322 g/mol. The molecule has 1 unspecified atom stereocenters. The molecule has 0 aromatic heterocycles. The van der Waals surface area contributed by atoms with Crippen molar-refractivity contribution < 1.29 is 9.59 Å². The predicted octanol–water partition coefficient (Wildman–Crippen LogP) is 1.33. The zero-order valence-corrected chi connectivity index (χ0v) is 14.9. The van der Waals surface area contributed by atoms with Crippen LogP contribution in [0.15, 0.2) is 0 Å². The van der Waals surface area contributed by atoms with E-state index in [1.807, 2.05) is 25.7 Å². The maximum atomic E-state index is 12.4. The summed E-state index contributed by atoms with van der Waals surface area (Å²) in [6.07, 6.45) is 1.99. The van der Waals surface area contributed by atoms with Gasteiger partial charge >= 0.3 is 0 Å². The number of likely N-dealkylation sites (N-methyl/N-ethyl adjacent to an activating group) is 1. The van der Waals surface area contributed by atoms with Crippen LogP contribution in [-0.2, 0) is 9.59 Å². The van der Waals surface area contributed by atoms with Crippen molar-refractivity contribution in [1.82, 2.24) is 14.7 Å². The van der Waals surface area contributed by atoms with Crippen molar-refractivity contribution in [3.63, 3.8) is 0 Å². The van der Waals surface area contributed by atoms with E-state index in [0.29, 0.717) is 13.0 Å². The van der Waals surface area contributed by atoms with Crippen LogP contribution in [-0.4, -0.2) is 72.3 Å². The Kier molecular flexibility index (Phi) is 8.04. The Balaban J connectivity index is 2.50. The standard InChI is InChI=1S/C17H30N4O2/c1-5-20(6-2)17(23)15-8-12-21(13-9-15)14(3)16(22)19(4)11-7-10-18/h14-15H,5-9,11-13H2,1-4H3. The van der Waals surface area contributed by atoms with Gasteiger partial charge in [-0.15, -0.1) is 0 Å². The largest absolute Gasteiger partial charge is 0.343 e. The number of carbonyl (C=O) groups is 2. The van der Waals surface area contributed by atoms with Crippen LogP contribution in [0.2, 0.25) is 0 Å². The highest BCUT2D eigenvalue weighted by molar-refractivity contribution is 5.81. The van der Waals surface area contributed by atoms with Gasteiger partial charge in [0.2, 0.25) is 11.8 Å². The summed E-state index contributed by atoms with van der Waals surface area (Å²) < 4.78 is 0. The second-order valence-corrected chi connectivity index (χ2v) is 6.16. The van der Waals surface area contributed by atoms with Gasteiger partial charge in [0.1, 0.15) is 0 Å². The lowest BCUT2D eigenvalue weighted by Crippen LogP contribution is -2.50. The van der Waals surface area contributed by atoms with E-state index in [-0.39, 0.29) is 23.8 Å². The molecule has 0 bridgehead atoms. The molecule has 0 N–H and O–H groups in total. The monoisotopic (exact) mass is 322 g/mol. The van der Waals surface area contributed by atoms with Gasteiger partial charge in [-0.25, -0.2) is 0 Å². The minimum absolute atomic E-state index is 0.0498. The second-order valence-electron chi connectivity index (χ2n) is 6.16. The summed E-state index contributed by atoms with van der Waals surface area (Å²) in [5, 5.41) is 8.62. The SMILES string of the molecule is CCN(CC)C(=O)C1CCN(C(C)C(=O)N(C)CCC#N)CC1. The fraction of sp³-hybridized carbons (Fsp3) is 0.824. The quantitative estimate of drug-likeness (QED) is 0.709. The van der Waals surface area contributed by atoms with Crippen molar-refractivity contribution in [2.45, 2.75) is 46.1 Å². The van der Waals surface area contributed by atoms with Gasteiger partial charge in [0.05, 0.1) is 18.5 Å². The van der Waals surface area contributed by atoms with Gasteiger partial charge in [0.15, 0.2) is 0 Å². The molecule has 0 saturated carbocycles. The van der Waals surface area contributed by atoms with Crippen LogP contribution in [0.1, 0.15) is 40.0 Å². The Morgan fingerprint density at radius 1 is 1.26 bits per heavy atom. The summed E-state index contributed by atoms with van der Waals surface area (Å²) in [5.41, 5.74) is 0. The third-order valence-electron chi connectivity index (χ3n) is 4.79. The minimum atomic E-state index is -0.191. The first-order valence-corrected chi connectivity index (χ1v) is 8.60. The smallest absolute Gasteiger partial charge is 0.239 e. The molecular weight excluding hydrogens is 292 g/mol. The molecule has 1 heterocycles. The minimum Gasteiger partial charge on any atom is -0.343 e. The van der Waals surface area contributed by atoms with Crippen LogP contribution in [0.4, 0.5) is 0 Å². The Hall–Kier alpha value is -1.61. The molecule has 1 rings (SSSR count). The lowest BCUT2D eigenvalue weighted by atomic mass is 9.94. The van der Waals surface area contributed by atoms with Crippen LogP contribution in [0.25, 0.3) is 0 Å². The van der Waals surface area contributed by atoms with Crippen LogP contribution in [0, 0.1) is 17.2 Å². The highest BCUT2D eigenvalue weighted by Gasteiger charge is 2.31. The van der Waals surface area contributed by atoms with E-state index in [0.717, 1.165) is 39.0 Å². The van der Waals surface area contributed by atoms with Gasteiger partial charge < -0.3 is 9.80 Å². The number of likely N-dealkylation sites (tertiary alicyclic amines) is 1. The number of hydrogen-bond donors (Lipinski definition) is 0. The molecule has 1 fully saturated rings. The average Bonchev–Trinajstić information content (AvgIpc) is 2.59. The summed E-state index contributed by atoms with van der Waals surface area (Å²) in [5.74, 6) is 0.387. The maximum Gasteiger partial charge on any atom is 0.239 e. The first kappa shape index (κ1) is 19.4. The third-order valence-corrected chi connectivity index (χ3v) is 4.79. The Labute approximate surface area is 140 Å². The van der Waals surface area contributed by atoms with Crippen LogP contribution in [0.5, 0.6) is 0 Å². The number of hydrogen-bond acceptors (Lipinski definition) is 4. The van der Waals surface area contributed by atoms with Gasteiger partial charge in [0.25, 0.3) is 0 Å². The van der Waals surface area contributed by atoms with Crippen LogP contribution >= 0.6 is 0 Å². The van der Waals surface area contributed by atoms with Crippen LogP contribution < -0.4 is 0 Å². The number of piperidine rings is 1. The summed E-state index contributed by atoms with van der Waals surface area (Å²) in [4.78, 5) is 30.4. The van der Waals surface area contributed by atoms with Gasteiger partial charge in [-0.1, -0.05) is 0 Å². The molecule has 130 valence electrons. The topological polar surface area (TPSA) is 67.7 Å². The van der Waals surface area contributed by atoms with Crippen LogP contribution in [0.3, 0.4) is 0 Å². The summed E-state index contributed by atoms with van der Waals surface area (Å²) in [6.45, 7) is 9.46. The van der Waals surface area contributed by atoms with E-state index in [4.69, 9.17) is 5.26 Å². The van der Waals surface area contributed by atoms with E-state index >= 15 is 0 Å². The molecule has 0 aliphatic carbocycles. The van der Waals surface area contributed by atoms with Crippen molar-refractivity contribution in [2.75, 3.05) is 39.8 Å². The predicted molar refractivity (Wildman–Crippen MR) is 89.6 cm³/mol. The third kappa shape index (κ3) is 5.21. The van der Waals surface area contributed by atoms with E-state index in [1.165, 1.54) is 0 Å². The van der Waals surface area contributed by atoms with Crippen molar-refractivity contribution in [1.29, 1.82) is 5.26 Å². The zero-order chi connectivity index (χ0) is 17.4. The molecule has 1 saturated heterocycles. The van der Waals surface area contributed by atoms with Gasteiger partial charge in [-0.05, 0) is 46.7 Å². The molecule has 0 aromatic carbocycles. The van der Waals surface area contributed by atoms with Crippen molar-refractivity contribution >= 4 is 11.8 Å². The van der Waals surface area contributed by atoms with Gasteiger partial charge in [-0.3, -0.25) is 14.5 Å². The molecule has 1 aliphatic rings. The van der Waals surface area contributed by atoms with Crippen molar-refractivity contribution in [3.8, 4) is 6.07 Å². The Morgan fingerprint density at radius 2 is 1.83 bits per heavy atom. The molecule has 2 amide bonds. The Bertz CT molecular complexity index is 434. The molecule has 6 nitrogen and oxygen atoms in total. The van der Waals surface area contributed by atoms with Crippen molar-refractivity contribution in [3.05, 3.63) is 0 Å².